The molecule has 0 radical (unpaired) electrons. The van der Waals surface area contributed by atoms with Crippen molar-refractivity contribution in [3.05, 3.63) is 89.7 Å². The van der Waals surface area contributed by atoms with Crippen molar-refractivity contribution < 1.29 is 14.3 Å². The van der Waals surface area contributed by atoms with Crippen LogP contribution >= 0.6 is 0 Å². The molecule has 0 unspecified atom stereocenters. The SMILES string of the molecule is NC(=O)COc1ccc(C(=O)N2CCn3cccc3[C@H]2c2ccccc2)cc1. The summed E-state index contributed by atoms with van der Waals surface area (Å²) in [5.41, 5.74) is 7.85. The number of carbonyl (C=O) groups excluding carboxylic acids is 2. The zero-order valence-corrected chi connectivity index (χ0v) is 15.3. The number of hydrogen-bond donors (Lipinski definition) is 1. The Balaban J connectivity index is 1.62. The van der Waals surface area contributed by atoms with Crippen LogP contribution in [0.1, 0.15) is 27.7 Å². The standard InChI is InChI=1S/C22H21N3O3/c23-20(26)15-28-18-10-8-17(9-11-18)22(27)25-14-13-24-12-4-7-19(24)21(25)16-5-2-1-3-6-16/h1-12,21H,13-15H2,(H2,23,26)/t21-/m1/s1. The summed E-state index contributed by atoms with van der Waals surface area (Å²) in [4.78, 5) is 26.0. The van der Waals surface area contributed by atoms with E-state index >= 15 is 0 Å². The molecule has 28 heavy (non-hydrogen) atoms. The molecule has 0 saturated carbocycles. The number of nitrogens with zero attached hydrogens (tertiary/aromatic N) is 2. The van der Waals surface area contributed by atoms with Gasteiger partial charge in [0.2, 0.25) is 0 Å². The van der Waals surface area contributed by atoms with Gasteiger partial charge in [-0.1, -0.05) is 30.3 Å². The van der Waals surface area contributed by atoms with Crippen LogP contribution in [0, 0.1) is 0 Å². The Labute approximate surface area is 163 Å². The lowest BCUT2D eigenvalue weighted by atomic mass is 9.99. The van der Waals surface area contributed by atoms with E-state index in [9.17, 15) is 9.59 Å². The predicted octanol–water partition coefficient (Wildman–Crippen LogP) is 2.60. The Morgan fingerprint density at radius 1 is 0.964 bits per heavy atom. The molecule has 6 heteroatoms. The van der Waals surface area contributed by atoms with Crippen molar-refractivity contribution in [2.45, 2.75) is 12.6 Å². The van der Waals surface area contributed by atoms with E-state index in [1.54, 1.807) is 24.3 Å². The van der Waals surface area contributed by atoms with E-state index in [0.717, 1.165) is 17.8 Å². The van der Waals surface area contributed by atoms with Crippen LogP contribution in [-0.4, -0.2) is 34.4 Å². The van der Waals surface area contributed by atoms with Crippen molar-refractivity contribution in [2.75, 3.05) is 13.2 Å². The molecule has 0 aliphatic carbocycles. The number of aromatic nitrogens is 1. The first-order chi connectivity index (χ1) is 13.6. The third-order valence-electron chi connectivity index (χ3n) is 4.90. The number of hydrogen-bond acceptors (Lipinski definition) is 3. The number of amides is 2. The van der Waals surface area contributed by atoms with Gasteiger partial charge in [0.1, 0.15) is 5.75 Å². The maximum atomic E-state index is 13.3. The van der Waals surface area contributed by atoms with E-state index in [-0.39, 0.29) is 18.6 Å². The quantitative estimate of drug-likeness (QED) is 0.745. The third-order valence-corrected chi connectivity index (χ3v) is 4.90. The smallest absolute Gasteiger partial charge is 0.255 e. The van der Waals surface area contributed by atoms with Crippen molar-refractivity contribution in [3.63, 3.8) is 0 Å². The molecule has 2 aromatic carbocycles. The summed E-state index contributed by atoms with van der Waals surface area (Å²) in [6, 6.07) is 20.8. The van der Waals surface area contributed by atoms with Crippen LogP contribution in [0.3, 0.4) is 0 Å². The molecule has 2 amide bonds. The minimum atomic E-state index is -0.540. The fraction of sp³-hybridized carbons (Fsp3) is 0.182. The lowest BCUT2D eigenvalue weighted by Crippen LogP contribution is -2.42. The van der Waals surface area contributed by atoms with E-state index in [1.807, 2.05) is 41.3 Å². The highest BCUT2D eigenvalue weighted by Crippen LogP contribution is 2.33. The Bertz CT molecular complexity index is 980. The zero-order valence-electron chi connectivity index (χ0n) is 15.3. The normalized spacial score (nSPS) is 15.7. The van der Waals surface area contributed by atoms with Crippen LogP contribution in [0.5, 0.6) is 5.75 Å². The van der Waals surface area contributed by atoms with Gasteiger partial charge in [-0.15, -0.1) is 0 Å². The third kappa shape index (κ3) is 3.49. The summed E-state index contributed by atoms with van der Waals surface area (Å²) >= 11 is 0. The molecule has 3 aromatic rings. The van der Waals surface area contributed by atoms with Gasteiger partial charge in [-0.05, 0) is 42.0 Å². The van der Waals surface area contributed by atoms with Crippen LogP contribution < -0.4 is 10.5 Å². The number of rotatable bonds is 5. The van der Waals surface area contributed by atoms with Gasteiger partial charge in [0, 0.05) is 30.5 Å². The number of benzene rings is 2. The molecule has 2 N–H and O–H groups in total. The van der Waals surface area contributed by atoms with Gasteiger partial charge < -0.3 is 19.9 Å². The molecule has 4 rings (SSSR count). The summed E-state index contributed by atoms with van der Waals surface area (Å²) in [5, 5.41) is 0. The van der Waals surface area contributed by atoms with Crippen molar-refractivity contribution in [1.29, 1.82) is 0 Å². The average Bonchev–Trinajstić information content (AvgIpc) is 3.21. The second-order valence-corrected chi connectivity index (χ2v) is 6.72. The van der Waals surface area contributed by atoms with Crippen LogP contribution in [0.25, 0.3) is 0 Å². The molecule has 0 saturated heterocycles. The minimum absolute atomic E-state index is 0.0391. The Morgan fingerprint density at radius 2 is 1.71 bits per heavy atom. The molecular formula is C22H21N3O3. The average molecular weight is 375 g/mol. The number of primary amides is 1. The van der Waals surface area contributed by atoms with E-state index in [2.05, 4.69) is 16.8 Å². The summed E-state index contributed by atoms with van der Waals surface area (Å²) in [5.74, 6) is -0.0765. The molecule has 1 atom stereocenters. The molecule has 2 heterocycles. The van der Waals surface area contributed by atoms with Crippen LogP contribution in [0.4, 0.5) is 0 Å². The topological polar surface area (TPSA) is 77.6 Å². The van der Waals surface area contributed by atoms with Crippen molar-refractivity contribution in [3.8, 4) is 5.75 Å². The van der Waals surface area contributed by atoms with Gasteiger partial charge in [0.25, 0.3) is 11.8 Å². The highest BCUT2D eigenvalue weighted by Gasteiger charge is 2.32. The summed E-state index contributed by atoms with van der Waals surface area (Å²) < 4.78 is 7.47. The summed E-state index contributed by atoms with van der Waals surface area (Å²) in [6.07, 6.45) is 2.05. The molecule has 0 fully saturated rings. The number of fused-ring (bicyclic) bond motifs is 1. The van der Waals surface area contributed by atoms with Crippen molar-refractivity contribution in [1.82, 2.24) is 9.47 Å². The minimum Gasteiger partial charge on any atom is -0.484 e. The second kappa shape index (κ2) is 7.60. The van der Waals surface area contributed by atoms with E-state index in [1.165, 1.54) is 0 Å². The highest BCUT2D eigenvalue weighted by molar-refractivity contribution is 5.95. The van der Waals surface area contributed by atoms with Gasteiger partial charge in [0.15, 0.2) is 6.61 Å². The van der Waals surface area contributed by atoms with Gasteiger partial charge in [0.05, 0.1) is 6.04 Å². The molecule has 6 nitrogen and oxygen atoms in total. The largest absolute Gasteiger partial charge is 0.484 e. The monoisotopic (exact) mass is 375 g/mol. The first-order valence-corrected chi connectivity index (χ1v) is 9.15. The van der Waals surface area contributed by atoms with Crippen LogP contribution in [-0.2, 0) is 11.3 Å². The molecule has 1 aliphatic rings. The fourth-order valence-corrected chi connectivity index (χ4v) is 3.60. The molecule has 1 aromatic heterocycles. The number of ether oxygens (including phenoxy) is 1. The maximum Gasteiger partial charge on any atom is 0.255 e. The Kier molecular flexibility index (Phi) is 4.85. The highest BCUT2D eigenvalue weighted by atomic mass is 16.5. The summed E-state index contributed by atoms with van der Waals surface area (Å²) in [6.45, 7) is 1.20. The fourth-order valence-electron chi connectivity index (χ4n) is 3.60. The van der Waals surface area contributed by atoms with Gasteiger partial charge >= 0.3 is 0 Å². The van der Waals surface area contributed by atoms with Crippen LogP contribution in [0.15, 0.2) is 72.9 Å². The van der Waals surface area contributed by atoms with E-state index in [4.69, 9.17) is 10.5 Å². The van der Waals surface area contributed by atoms with Crippen molar-refractivity contribution in [2.24, 2.45) is 5.73 Å². The molecule has 1 aliphatic heterocycles. The van der Waals surface area contributed by atoms with E-state index in [0.29, 0.717) is 17.9 Å². The number of nitrogens with two attached hydrogens (primary N) is 1. The maximum absolute atomic E-state index is 13.3. The lowest BCUT2D eigenvalue weighted by Gasteiger charge is -2.37. The van der Waals surface area contributed by atoms with Crippen LogP contribution in [0.2, 0.25) is 0 Å². The predicted molar refractivity (Wildman–Crippen MR) is 105 cm³/mol. The zero-order chi connectivity index (χ0) is 19.5. The van der Waals surface area contributed by atoms with Gasteiger partial charge in [-0.3, -0.25) is 9.59 Å². The second-order valence-electron chi connectivity index (χ2n) is 6.72. The first-order valence-electron chi connectivity index (χ1n) is 9.15. The van der Waals surface area contributed by atoms with Gasteiger partial charge in [-0.25, -0.2) is 0 Å². The van der Waals surface area contributed by atoms with E-state index < -0.39 is 5.91 Å². The van der Waals surface area contributed by atoms with Crippen molar-refractivity contribution >= 4 is 11.8 Å². The Morgan fingerprint density at radius 3 is 2.43 bits per heavy atom. The lowest BCUT2D eigenvalue weighted by molar-refractivity contribution is -0.119. The first kappa shape index (κ1) is 17.9. The molecular weight excluding hydrogens is 354 g/mol. The molecule has 0 bridgehead atoms. The van der Waals surface area contributed by atoms with Gasteiger partial charge in [-0.2, -0.15) is 0 Å². The number of carbonyl (C=O) groups is 2. The molecule has 142 valence electrons. The summed E-state index contributed by atoms with van der Waals surface area (Å²) in [7, 11) is 0. The Hall–Kier alpha value is -3.54. The molecule has 0 spiro atoms.